The number of aryl methyl sites for hydroxylation is 1. The molecule has 3 aromatic rings. The van der Waals surface area contributed by atoms with Crippen LogP contribution in [0.25, 0.3) is 10.9 Å². The van der Waals surface area contributed by atoms with Crippen LogP contribution in [0.4, 0.5) is 0 Å². The van der Waals surface area contributed by atoms with Gasteiger partial charge < -0.3 is 9.67 Å². The summed E-state index contributed by atoms with van der Waals surface area (Å²) in [5, 5.41) is 17.2. The maximum atomic E-state index is 9.37. The largest absolute Gasteiger partial charge is 0.481 e. The molecule has 0 aliphatic carbocycles. The van der Waals surface area contributed by atoms with Gasteiger partial charge in [0.1, 0.15) is 0 Å². The van der Waals surface area contributed by atoms with Crippen molar-refractivity contribution in [2.45, 2.75) is 13.3 Å². The quantitative estimate of drug-likeness (QED) is 0.716. The van der Waals surface area contributed by atoms with Gasteiger partial charge in [-0.1, -0.05) is 55.5 Å². The molecule has 0 fully saturated rings. The first kappa shape index (κ1) is 16.5. The molecule has 4 heteroatoms. The van der Waals surface area contributed by atoms with E-state index in [1.165, 1.54) is 0 Å². The van der Waals surface area contributed by atoms with Gasteiger partial charge in [-0.3, -0.25) is 10.2 Å². The highest BCUT2D eigenvalue weighted by molar-refractivity contribution is 6.17. The summed E-state index contributed by atoms with van der Waals surface area (Å²) in [6.45, 7) is 1.60. The summed E-state index contributed by atoms with van der Waals surface area (Å²) >= 11 is 0. The second-order valence-corrected chi connectivity index (χ2v) is 5.16. The van der Waals surface area contributed by atoms with Crippen molar-refractivity contribution < 1.29 is 9.90 Å². The maximum Gasteiger partial charge on any atom is 0.303 e. The van der Waals surface area contributed by atoms with Gasteiger partial charge in [-0.15, -0.1) is 0 Å². The lowest BCUT2D eigenvalue weighted by atomic mass is 10.0. The lowest BCUT2D eigenvalue weighted by Crippen LogP contribution is -1.99. The smallest absolute Gasteiger partial charge is 0.303 e. The van der Waals surface area contributed by atoms with E-state index in [0.717, 1.165) is 22.0 Å². The maximum absolute atomic E-state index is 9.37. The summed E-state index contributed by atoms with van der Waals surface area (Å²) in [5.41, 5.74) is 3.67. The molecule has 1 aromatic heterocycles. The molecule has 0 aliphatic heterocycles. The zero-order chi connectivity index (χ0) is 16.8. The van der Waals surface area contributed by atoms with E-state index in [9.17, 15) is 4.79 Å². The van der Waals surface area contributed by atoms with Crippen LogP contribution in [-0.4, -0.2) is 21.4 Å². The molecule has 4 nitrogen and oxygen atoms in total. The van der Waals surface area contributed by atoms with Gasteiger partial charge >= 0.3 is 5.97 Å². The van der Waals surface area contributed by atoms with E-state index < -0.39 is 5.97 Å². The molecule has 0 saturated carbocycles. The number of fused-ring (bicyclic) bond motifs is 1. The Morgan fingerprint density at radius 1 is 1.09 bits per heavy atom. The number of aromatic nitrogens is 1. The Hall–Kier alpha value is -2.88. The number of benzene rings is 2. The highest BCUT2D eigenvalue weighted by Crippen LogP contribution is 2.22. The van der Waals surface area contributed by atoms with Crippen LogP contribution >= 0.6 is 0 Å². The number of nitrogens with one attached hydrogen (secondary N) is 1. The third-order valence-electron chi connectivity index (χ3n) is 3.53. The van der Waals surface area contributed by atoms with E-state index in [2.05, 4.69) is 16.7 Å². The van der Waals surface area contributed by atoms with Crippen LogP contribution < -0.4 is 0 Å². The number of aliphatic carboxylic acids is 1. The van der Waals surface area contributed by atoms with E-state index in [-0.39, 0.29) is 6.42 Å². The number of hydrogen-bond acceptors (Lipinski definition) is 2. The fourth-order valence-corrected chi connectivity index (χ4v) is 2.30. The summed E-state index contributed by atoms with van der Waals surface area (Å²) in [5.74, 6) is -0.745. The Morgan fingerprint density at radius 3 is 2.26 bits per heavy atom. The second-order valence-electron chi connectivity index (χ2n) is 5.16. The average molecular weight is 308 g/mol. The average Bonchev–Trinajstić information content (AvgIpc) is 2.93. The molecule has 3 rings (SSSR count). The lowest BCUT2D eigenvalue weighted by molar-refractivity contribution is -0.136. The van der Waals surface area contributed by atoms with E-state index in [1.807, 2.05) is 55.7 Å². The standard InChI is InChI=1S/C16H14N2.C3H6O2/c1-18-11-14(13-9-5-6-10-15(13)18)16(17)12-7-3-2-4-8-12;1-2-3(4)5/h2-11,17H,1H3;2H2,1H3,(H,4,5). The number of carboxylic acid groups (broad SMARTS) is 1. The number of hydrogen-bond donors (Lipinski definition) is 2. The Kier molecular flexibility index (Phi) is 5.31. The van der Waals surface area contributed by atoms with Crippen molar-refractivity contribution in [3.05, 3.63) is 71.9 Å². The second kappa shape index (κ2) is 7.40. The van der Waals surface area contributed by atoms with E-state index in [1.54, 1.807) is 6.92 Å². The van der Waals surface area contributed by atoms with Crippen molar-refractivity contribution in [3.63, 3.8) is 0 Å². The Bertz CT molecular complexity index is 820. The topological polar surface area (TPSA) is 66.1 Å². The predicted molar refractivity (Wildman–Crippen MR) is 93.2 cm³/mol. The first-order valence-electron chi connectivity index (χ1n) is 7.44. The van der Waals surface area contributed by atoms with Crippen molar-refractivity contribution in [3.8, 4) is 0 Å². The normalized spacial score (nSPS) is 10.0. The van der Waals surface area contributed by atoms with Gasteiger partial charge in [0.15, 0.2) is 0 Å². The van der Waals surface area contributed by atoms with Crippen LogP contribution in [0.15, 0.2) is 60.8 Å². The molecule has 0 saturated heterocycles. The predicted octanol–water partition coefficient (Wildman–Crippen LogP) is 4.08. The summed E-state index contributed by atoms with van der Waals surface area (Å²) in [4.78, 5) is 9.37. The zero-order valence-electron chi connectivity index (χ0n) is 13.3. The van der Waals surface area contributed by atoms with Crippen molar-refractivity contribution >= 4 is 22.6 Å². The minimum Gasteiger partial charge on any atom is -0.481 e. The number of para-hydroxylation sites is 1. The van der Waals surface area contributed by atoms with Crippen molar-refractivity contribution in [1.29, 1.82) is 5.41 Å². The lowest BCUT2D eigenvalue weighted by Gasteiger charge is -2.02. The SMILES string of the molecule is CCC(=O)O.Cn1cc(C(=N)c2ccccc2)c2ccccc21. The zero-order valence-corrected chi connectivity index (χ0v) is 13.3. The summed E-state index contributed by atoms with van der Waals surface area (Å²) in [7, 11) is 2.02. The number of nitrogens with zero attached hydrogens (tertiary/aromatic N) is 1. The third-order valence-corrected chi connectivity index (χ3v) is 3.53. The van der Waals surface area contributed by atoms with Crippen molar-refractivity contribution in [2.75, 3.05) is 0 Å². The minimum absolute atomic E-state index is 0.222. The number of rotatable bonds is 3. The molecule has 2 N–H and O–H groups in total. The molecule has 118 valence electrons. The van der Waals surface area contributed by atoms with E-state index >= 15 is 0 Å². The van der Waals surface area contributed by atoms with Gasteiger partial charge in [0.2, 0.25) is 0 Å². The molecule has 0 radical (unpaired) electrons. The monoisotopic (exact) mass is 308 g/mol. The van der Waals surface area contributed by atoms with Crippen LogP contribution in [0.5, 0.6) is 0 Å². The third kappa shape index (κ3) is 3.86. The van der Waals surface area contributed by atoms with Gasteiger partial charge in [0.05, 0.1) is 5.71 Å². The van der Waals surface area contributed by atoms with Crippen LogP contribution in [0.2, 0.25) is 0 Å². The molecule has 23 heavy (non-hydrogen) atoms. The molecule has 0 amide bonds. The van der Waals surface area contributed by atoms with Crippen molar-refractivity contribution in [1.82, 2.24) is 4.57 Å². The van der Waals surface area contributed by atoms with Crippen molar-refractivity contribution in [2.24, 2.45) is 7.05 Å². The van der Waals surface area contributed by atoms with Crippen LogP contribution in [0.3, 0.4) is 0 Å². The van der Waals surface area contributed by atoms with Gasteiger partial charge in [-0.25, -0.2) is 0 Å². The Labute approximate surface area is 135 Å². The van der Waals surface area contributed by atoms with E-state index in [4.69, 9.17) is 10.5 Å². The first-order chi connectivity index (χ1) is 11.0. The fourth-order valence-electron chi connectivity index (χ4n) is 2.30. The fraction of sp³-hybridized carbons (Fsp3) is 0.158. The molecule has 0 spiro atoms. The number of carboxylic acids is 1. The van der Waals surface area contributed by atoms with Crippen LogP contribution in [0.1, 0.15) is 24.5 Å². The molecule has 0 aliphatic rings. The molecular formula is C19H20N2O2. The Balaban J connectivity index is 0.000000338. The molecule has 0 unspecified atom stereocenters. The van der Waals surface area contributed by atoms with Gasteiger partial charge in [0.25, 0.3) is 0 Å². The molecule has 2 aromatic carbocycles. The van der Waals surface area contributed by atoms with Gasteiger partial charge in [-0.2, -0.15) is 0 Å². The number of carbonyl (C=O) groups is 1. The first-order valence-corrected chi connectivity index (χ1v) is 7.44. The molecule has 1 heterocycles. The Morgan fingerprint density at radius 2 is 1.65 bits per heavy atom. The molecule has 0 atom stereocenters. The van der Waals surface area contributed by atoms with Gasteiger partial charge in [0, 0.05) is 41.7 Å². The van der Waals surface area contributed by atoms with Crippen LogP contribution in [-0.2, 0) is 11.8 Å². The minimum atomic E-state index is -0.745. The highest BCUT2D eigenvalue weighted by atomic mass is 16.4. The summed E-state index contributed by atoms with van der Waals surface area (Å²) in [6.07, 6.45) is 2.25. The summed E-state index contributed by atoms with van der Waals surface area (Å²) < 4.78 is 2.07. The van der Waals surface area contributed by atoms with Crippen LogP contribution in [0, 0.1) is 5.41 Å². The summed E-state index contributed by atoms with van der Waals surface area (Å²) in [6, 6.07) is 18.1. The van der Waals surface area contributed by atoms with Gasteiger partial charge in [-0.05, 0) is 6.07 Å². The molecular weight excluding hydrogens is 288 g/mol. The van der Waals surface area contributed by atoms with E-state index in [0.29, 0.717) is 5.71 Å². The molecule has 0 bridgehead atoms. The highest BCUT2D eigenvalue weighted by Gasteiger charge is 2.11.